The van der Waals surface area contributed by atoms with Crippen LogP contribution in [0.3, 0.4) is 0 Å². The van der Waals surface area contributed by atoms with E-state index in [0.29, 0.717) is 23.6 Å². The van der Waals surface area contributed by atoms with Crippen molar-refractivity contribution in [3.8, 4) is 11.3 Å². The Balaban J connectivity index is 2.42. The Kier molecular flexibility index (Phi) is 4.81. The third-order valence-electron chi connectivity index (χ3n) is 3.52. The molecule has 21 heavy (non-hydrogen) atoms. The molecular weight excluding hydrogens is 266 g/mol. The maximum absolute atomic E-state index is 12.7. The molecule has 1 aromatic carbocycles. The molecule has 0 fully saturated rings. The molecule has 1 amide bonds. The number of nitrogens with zero attached hydrogens (tertiary/aromatic N) is 1. The SMILES string of the molecule is CCN(C(=O)c1cc(C)oc1-c1ccccc1)C(C)CO. The zero-order valence-electron chi connectivity index (χ0n) is 12.7. The number of likely N-dealkylation sites (N-methyl/N-ethyl adjacent to an activating group) is 1. The molecule has 1 aromatic heterocycles. The van der Waals surface area contributed by atoms with E-state index in [1.165, 1.54) is 0 Å². The van der Waals surface area contributed by atoms with Crippen LogP contribution in [0.2, 0.25) is 0 Å². The van der Waals surface area contributed by atoms with Gasteiger partial charge in [-0.05, 0) is 26.8 Å². The minimum Gasteiger partial charge on any atom is -0.461 e. The molecule has 1 N–H and O–H groups in total. The predicted octanol–water partition coefficient (Wildman–Crippen LogP) is 3.10. The summed E-state index contributed by atoms with van der Waals surface area (Å²) >= 11 is 0. The van der Waals surface area contributed by atoms with Crippen molar-refractivity contribution in [1.29, 1.82) is 0 Å². The number of furan rings is 1. The third-order valence-corrected chi connectivity index (χ3v) is 3.52. The molecule has 0 aliphatic heterocycles. The van der Waals surface area contributed by atoms with Crippen molar-refractivity contribution in [2.45, 2.75) is 26.8 Å². The Morgan fingerprint density at radius 3 is 2.57 bits per heavy atom. The van der Waals surface area contributed by atoms with Crippen LogP contribution in [0.5, 0.6) is 0 Å². The fourth-order valence-corrected chi connectivity index (χ4v) is 2.39. The first-order valence-electron chi connectivity index (χ1n) is 7.16. The lowest BCUT2D eigenvalue weighted by Gasteiger charge is -2.26. The van der Waals surface area contributed by atoms with Gasteiger partial charge < -0.3 is 14.4 Å². The summed E-state index contributed by atoms with van der Waals surface area (Å²) in [6, 6.07) is 11.1. The minimum absolute atomic E-state index is 0.0584. The number of amides is 1. The summed E-state index contributed by atoms with van der Waals surface area (Å²) in [5, 5.41) is 9.31. The summed E-state index contributed by atoms with van der Waals surface area (Å²) in [7, 11) is 0. The summed E-state index contributed by atoms with van der Waals surface area (Å²) in [6.07, 6.45) is 0. The quantitative estimate of drug-likeness (QED) is 0.919. The van der Waals surface area contributed by atoms with Crippen LogP contribution in [-0.2, 0) is 0 Å². The molecule has 1 heterocycles. The van der Waals surface area contributed by atoms with Crippen molar-refractivity contribution in [3.63, 3.8) is 0 Å². The van der Waals surface area contributed by atoms with Gasteiger partial charge in [-0.2, -0.15) is 0 Å². The Hall–Kier alpha value is -2.07. The average Bonchev–Trinajstić information content (AvgIpc) is 2.90. The normalized spacial score (nSPS) is 12.2. The highest BCUT2D eigenvalue weighted by Gasteiger charge is 2.25. The molecule has 0 spiro atoms. The number of aryl methyl sites for hydroxylation is 1. The Labute approximate surface area is 125 Å². The van der Waals surface area contributed by atoms with Crippen LogP contribution in [0.25, 0.3) is 11.3 Å². The van der Waals surface area contributed by atoms with E-state index in [4.69, 9.17) is 4.42 Å². The zero-order valence-corrected chi connectivity index (χ0v) is 12.7. The fraction of sp³-hybridized carbons (Fsp3) is 0.353. The molecule has 0 saturated carbocycles. The van der Waals surface area contributed by atoms with Gasteiger partial charge in [0.2, 0.25) is 0 Å². The van der Waals surface area contributed by atoms with E-state index in [2.05, 4.69) is 0 Å². The zero-order chi connectivity index (χ0) is 15.4. The first kappa shape index (κ1) is 15.3. The molecule has 112 valence electrons. The standard InChI is InChI=1S/C17H21NO3/c1-4-18(12(2)11-19)17(20)15-10-13(3)21-16(15)14-8-6-5-7-9-14/h5-10,12,19H,4,11H2,1-3H3. The molecule has 0 radical (unpaired) electrons. The van der Waals surface area contributed by atoms with Gasteiger partial charge in [0.15, 0.2) is 0 Å². The topological polar surface area (TPSA) is 53.7 Å². The second-order valence-corrected chi connectivity index (χ2v) is 5.09. The number of rotatable bonds is 5. The van der Waals surface area contributed by atoms with Gasteiger partial charge in [0.1, 0.15) is 11.5 Å². The number of aliphatic hydroxyl groups excluding tert-OH is 1. The third kappa shape index (κ3) is 3.16. The van der Waals surface area contributed by atoms with Crippen LogP contribution in [0, 0.1) is 6.92 Å². The van der Waals surface area contributed by atoms with Gasteiger partial charge in [0.25, 0.3) is 5.91 Å². The van der Waals surface area contributed by atoms with Crippen molar-refractivity contribution in [2.75, 3.05) is 13.2 Å². The molecule has 1 unspecified atom stereocenters. The molecule has 0 saturated heterocycles. The summed E-state index contributed by atoms with van der Waals surface area (Å²) in [6.45, 7) is 6.04. The van der Waals surface area contributed by atoms with E-state index < -0.39 is 0 Å². The molecule has 4 nitrogen and oxygen atoms in total. The number of carbonyl (C=O) groups excluding carboxylic acids is 1. The molecule has 0 bridgehead atoms. The fourth-order valence-electron chi connectivity index (χ4n) is 2.39. The lowest BCUT2D eigenvalue weighted by molar-refractivity contribution is 0.0633. The summed E-state index contributed by atoms with van der Waals surface area (Å²) in [5.74, 6) is 1.17. The van der Waals surface area contributed by atoms with Crippen LogP contribution in [-0.4, -0.2) is 35.1 Å². The summed E-state index contributed by atoms with van der Waals surface area (Å²) < 4.78 is 5.72. The van der Waals surface area contributed by atoms with Gasteiger partial charge >= 0.3 is 0 Å². The summed E-state index contributed by atoms with van der Waals surface area (Å²) in [4.78, 5) is 14.4. The maximum Gasteiger partial charge on any atom is 0.258 e. The average molecular weight is 287 g/mol. The van der Waals surface area contributed by atoms with Crippen LogP contribution in [0.15, 0.2) is 40.8 Å². The highest BCUT2D eigenvalue weighted by molar-refractivity contribution is 6.00. The van der Waals surface area contributed by atoms with Gasteiger partial charge in [-0.3, -0.25) is 4.79 Å². The van der Waals surface area contributed by atoms with E-state index in [9.17, 15) is 9.90 Å². The van der Waals surface area contributed by atoms with Crippen molar-refractivity contribution < 1.29 is 14.3 Å². The van der Waals surface area contributed by atoms with Gasteiger partial charge in [0.05, 0.1) is 18.2 Å². The van der Waals surface area contributed by atoms with Crippen LogP contribution in [0.1, 0.15) is 30.0 Å². The molecule has 2 rings (SSSR count). The Morgan fingerprint density at radius 2 is 2.00 bits per heavy atom. The number of benzene rings is 1. The second kappa shape index (κ2) is 6.59. The lowest BCUT2D eigenvalue weighted by Crippen LogP contribution is -2.40. The summed E-state index contributed by atoms with van der Waals surface area (Å²) in [5.41, 5.74) is 1.42. The first-order chi connectivity index (χ1) is 10.1. The molecule has 1 atom stereocenters. The number of aliphatic hydroxyl groups is 1. The highest BCUT2D eigenvalue weighted by Crippen LogP contribution is 2.28. The largest absolute Gasteiger partial charge is 0.461 e. The maximum atomic E-state index is 12.7. The van der Waals surface area contributed by atoms with Crippen molar-refractivity contribution in [2.24, 2.45) is 0 Å². The number of hydrogen-bond acceptors (Lipinski definition) is 3. The predicted molar refractivity (Wildman–Crippen MR) is 82.1 cm³/mol. The van der Waals surface area contributed by atoms with Crippen molar-refractivity contribution in [1.82, 2.24) is 4.90 Å². The lowest BCUT2D eigenvalue weighted by atomic mass is 10.1. The van der Waals surface area contributed by atoms with Crippen LogP contribution < -0.4 is 0 Å². The van der Waals surface area contributed by atoms with E-state index in [-0.39, 0.29) is 18.6 Å². The van der Waals surface area contributed by atoms with Gasteiger partial charge in [-0.25, -0.2) is 0 Å². The van der Waals surface area contributed by atoms with Gasteiger partial charge in [-0.15, -0.1) is 0 Å². The highest BCUT2D eigenvalue weighted by atomic mass is 16.3. The van der Waals surface area contributed by atoms with Crippen LogP contribution >= 0.6 is 0 Å². The molecule has 4 heteroatoms. The smallest absolute Gasteiger partial charge is 0.258 e. The number of hydrogen-bond donors (Lipinski definition) is 1. The molecule has 0 aliphatic carbocycles. The second-order valence-electron chi connectivity index (χ2n) is 5.09. The van der Waals surface area contributed by atoms with E-state index in [0.717, 1.165) is 5.56 Å². The molecular formula is C17H21NO3. The van der Waals surface area contributed by atoms with Gasteiger partial charge in [0, 0.05) is 12.1 Å². The minimum atomic E-state index is -0.221. The monoisotopic (exact) mass is 287 g/mol. The van der Waals surface area contributed by atoms with Crippen molar-refractivity contribution >= 4 is 5.91 Å². The van der Waals surface area contributed by atoms with E-state index >= 15 is 0 Å². The van der Waals surface area contributed by atoms with Gasteiger partial charge in [-0.1, -0.05) is 30.3 Å². The Bertz CT molecular complexity index is 604. The number of carbonyl (C=O) groups is 1. The van der Waals surface area contributed by atoms with E-state index in [1.54, 1.807) is 11.0 Å². The molecule has 0 aliphatic rings. The first-order valence-corrected chi connectivity index (χ1v) is 7.16. The van der Waals surface area contributed by atoms with Crippen LogP contribution in [0.4, 0.5) is 0 Å². The van der Waals surface area contributed by atoms with E-state index in [1.807, 2.05) is 51.1 Å². The molecule has 2 aromatic rings. The van der Waals surface area contributed by atoms with Crippen molar-refractivity contribution in [3.05, 3.63) is 47.7 Å². The Morgan fingerprint density at radius 1 is 1.33 bits per heavy atom.